The van der Waals surface area contributed by atoms with Crippen molar-refractivity contribution < 1.29 is 14.3 Å². The molecule has 0 heterocycles. The third kappa shape index (κ3) is 6.89. The lowest BCUT2D eigenvalue weighted by atomic mass is 9.84. The van der Waals surface area contributed by atoms with Crippen molar-refractivity contribution in [1.29, 1.82) is 0 Å². The zero-order valence-corrected chi connectivity index (χ0v) is 10.1. The maximum Gasteiger partial charge on any atom is 0.332 e. The highest BCUT2D eigenvalue weighted by Gasteiger charge is 2.28. The molecular formula is C11H22O3. The van der Waals surface area contributed by atoms with Crippen molar-refractivity contribution in [3.63, 3.8) is 0 Å². The van der Waals surface area contributed by atoms with Gasteiger partial charge in [0.15, 0.2) is 0 Å². The molecule has 0 aliphatic carbocycles. The van der Waals surface area contributed by atoms with Crippen LogP contribution in [0, 0.1) is 5.41 Å². The van der Waals surface area contributed by atoms with E-state index in [2.05, 4.69) is 20.8 Å². The lowest BCUT2D eigenvalue weighted by molar-refractivity contribution is -0.163. The second-order valence-electron chi connectivity index (χ2n) is 5.40. The van der Waals surface area contributed by atoms with Crippen LogP contribution in [0.5, 0.6) is 0 Å². The summed E-state index contributed by atoms with van der Waals surface area (Å²) in [5.41, 5.74) is -0.273. The predicted octanol–water partition coefficient (Wildman–Crippen LogP) is 2.39. The van der Waals surface area contributed by atoms with E-state index in [4.69, 9.17) is 9.47 Å². The Kier molecular flexibility index (Phi) is 4.59. The van der Waals surface area contributed by atoms with E-state index >= 15 is 0 Å². The number of hydrogen-bond donors (Lipinski definition) is 0. The zero-order chi connectivity index (χ0) is 11.4. The molecule has 3 heteroatoms. The first-order valence-corrected chi connectivity index (χ1v) is 4.87. The monoisotopic (exact) mass is 202 g/mol. The van der Waals surface area contributed by atoms with Gasteiger partial charge in [0.2, 0.25) is 0 Å². The lowest BCUT2D eigenvalue weighted by Gasteiger charge is -2.32. The van der Waals surface area contributed by atoms with Crippen LogP contribution in [0.4, 0.5) is 0 Å². The number of carbonyl (C=O) groups excluding carboxylic acids is 1. The van der Waals surface area contributed by atoms with Crippen LogP contribution < -0.4 is 0 Å². The molecule has 14 heavy (non-hydrogen) atoms. The average molecular weight is 202 g/mol. The number of rotatable bonds is 4. The van der Waals surface area contributed by atoms with Gasteiger partial charge in [-0.25, -0.2) is 4.79 Å². The van der Waals surface area contributed by atoms with Crippen molar-refractivity contribution in [3.8, 4) is 0 Å². The van der Waals surface area contributed by atoms with Crippen LogP contribution in [-0.4, -0.2) is 25.3 Å². The van der Waals surface area contributed by atoms with Crippen LogP contribution in [0.3, 0.4) is 0 Å². The first-order chi connectivity index (χ1) is 6.16. The number of hydrogen-bond acceptors (Lipinski definition) is 3. The van der Waals surface area contributed by atoms with Crippen LogP contribution in [-0.2, 0) is 14.3 Å². The zero-order valence-electron chi connectivity index (χ0n) is 10.1. The van der Waals surface area contributed by atoms with E-state index in [0.29, 0.717) is 0 Å². The van der Waals surface area contributed by atoms with E-state index in [1.807, 2.05) is 13.8 Å². The Balaban J connectivity index is 4.13. The van der Waals surface area contributed by atoms with E-state index in [-0.39, 0.29) is 18.0 Å². The topological polar surface area (TPSA) is 35.5 Å². The van der Waals surface area contributed by atoms with Crippen LogP contribution in [0.15, 0.2) is 0 Å². The summed E-state index contributed by atoms with van der Waals surface area (Å²) in [5, 5.41) is 0. The largest absolute Gasteiger partial charge is 0.458 e. The van der Waals surface area contributed by atoms with Crippen molar-refractivity contribution in [2.75, 3.05) is 13.7 Å². The SMILES string of the molecule is COCC(=O)OC(C)(C)CC(C)(C)C. The van der Waals surface area contributed by atoms with Gasteiger partial charge in [-0.15, -0.1) is 0 Å². The molecule has 0 amide bonds. The molecule has 0 fully saturated rings. The molecule has 0 unspecified atom stereocenters. The number of ether oxygens (including phenoxy) is 2. The van der Waals surface area contributed by atoms with Crippen LogP contribution in [0.2, 0.25) is 0 Å². The molecule has 0 saturated heterocycles. The van der Waals surface area contributed by atoms with Gasteiger partial charge in [-0.05, 0) is 25.7 Å². The molecule has 84 valence electrons. The fourth-order valence-electron chi connectivity index (χ4n) is 1.77. The molecule has 3 nitrogen and oxygen atoms in total. The Morgan fingerprint density at radius 3 is 2.00 bits per heavy atom. The fourth-order valence-corrected chi connectivity index (χ4v) is 1.77. The minimum atomic E-state index is -0.423. The second-order valence-corrected chi connectivity index (χ2v) is 5.40. The molecule has 0 aliphatic rings. The van der Waals surface area contributed by atoms with Crippen LogP contribution in [0.25, 0.3) is 0 Å². The molecule has 0 aromatic carbocycles. The Bertz CT molecular complexity index is 189. The predicted molar refractivity (Wildman–Crippen MR) is 56.1 cm³/mol. The van der Waals surface area contributed by atoms with Gasteiger partial charge in [0.1, 0.15) is 12.2 Å². The molecule has 0 radical (unpaired) electrons. The Labute approximate surface area is 86.8 Å². The maximum absolute atomic E-state index is 11.2. The van der Waals surface area contributed by atoms with Gasteiger partial charge in [0.05, 0.1) is 0 Å². The average Bonchev–Trinajstić information content (AvgIpc) is 1.78. The first kappa shape index (κ1) is 13.4. The third-order valence-corrected chi connectivity index (χ3v) is 1.61. The molecule has 0 aromatic rings. The van der Waals surface area contributed by atoms with Crippen molar-refractivity contribution in [3.05, 3.63) is 0 Å². The molecule has 0 spiro atoms. The minimum absolute atomic E-state index is 0.0214. The Morgan fingerprint density at radius 1 is 1.14 bits per heavy atom. The molecule has 0 saturated carbocycles. The number of methoxy groups -OCH3 is 1. The van der Waals surface area contributed by atoms with E-state index in [1.165, 1.54) is 7.11 Å². The highest BCUT2D eigenvalue weighted by molar-refractivity contribution is 5.71. The minimum Gasteiger partial charge on any atom is -0.458 e. The first-order valence-electron chi connectivity index (χ1n) is 4.87. The highest BCUT2D eigenvalue weighted by Crippen LogP contribution is 2.29. The van der Waals surface area contributed by atoms with Gasteiger partial charge in [-0.3, -0.25) is 0 Å². The molecule has 0 bridgehead atoms. The summed E-state index contributed by atoms with van der Waals surface area (Å²) in [5.74, 6) is -0.304. The van der Waals surface area contributed by atoms with Gasteiger partial charge in [0, 0.05) is 7.11 Å². The van der Waals surface area contributed by atoms with Gasteiger partial charge in [0.25, 0.3) is 0 Å². The molecule has 0 aromatic heterocycles. The maximum atomic E-state index is 11.2. The normalized spacial score (nSPS) is 12.7. The van der Waals surface area contributed by atoms with Crippen molar-refractivity contribution in [2.24, 2.45) is 5.41 Å². The smallest absolute Gasteiger partial charge is 0.332 e. The molecular weight excluding hydrogens is 180 g/mol. The van der Waals surface area contributed by atoms with Crippen LogP contribution >= 0.6 is 0 Å². The van der Waals surface area contributed by atoms with Crippen molar-refractivity contribution in [2.45, 2.75) is 46.6 Å². The van der Waals surface area contributed by atoms with Crippen LogP contribution in [0.1, 0.15) is 41.0 Å². The summed E-state index contributed by atoms with van der Waals surface area (Å²) < 4.78 is 10.00. The molecule has 0 N–H and O–H groups in total. The highest BCUT2D eigenvalue weighted by atomic mass is 16.6. The number of esters is 1. The van der Waals surface area contributed by atoms with Crippen molar-refractivity contribution >= 4 is 5.97 Å². The summed E-state index contributed by atoms with van der Waals surface area (Å²) >= 11 is 0. The van der Waals surface area contributed by atoms with Gasteiger partial charge >= 0.3 is 5.97 Å². The quantitative estimate of drug-likeness (QED) is 0.657. The van der Waals surface area contributed by atoms with Crippen molar-refractivity contribution in [1.82, 2.24) is 0 Å². The van der Waals surface area contributed by atoms with Gasteiger partial charge in [-0.2, -0.15) is 0 Å². The summed E-state index contributed by atoms with van der Waals surface area (Å²) in [7, 11) is 1.48. The van der Waals surface area contributed by atoms with E-state index < -0.39 is 5.60 Å². The van der Waals surface area contributed by atoms with E-state index in [9.17, 15) is 4.79 Å². The van der Waals surface area contributed by atoms with Gasteiger partial charge < -0.3 is 9.47 Å². The lowest BCUT2D eigenvalue weighted by Crippen LogP contribution is -2.34. The third-order valence-electron chi connectivity index (χ3n) is 1.61. The Morgan fingerprint density at radius 2 is 1.64 bits per heavy atom. The number of carbonyl (C=O) groups is 1. The standard InChI is InChI=1S/C11H22O3/c1-10(2,3)8-11(4,5)14-9(12)7-13-6/h7-8H2,1-6H3. The molecule has 0 aliphatic heterocycles. The molecule has 0 rings (SSSR count). The van der Waals surface area contributed by atoms with E-state index in [1.54, 1.807) is 0 Å². The summed E-state index contributed by atoms with van der Waals surface area (Å²) in [4.78, 5) is 11.2. The Hall–Kier alpha value is -0.570. The summed E-state index contributed by atoms with van der Waals surface area (Å²) in [6.07, 6.45) is 0.829. The molecule has 0 atom stereocenters. The summed E-state index contributed by atoms with van der Waals surface area (Å²) in [6, 6.07) is 0. The second kappa shape index (κ2) is 4.78. The van der Waals surface area contributed by atoms with Gasteiger partial charge in [-0.1, -0.05) is 20.8 Å². The summed E-state index contributed by atoms with van der Waals surface area (Å²) in [6.45, 7) is 10.2. The fraction of sp³-hybridized carbons (Fsp3) is 0.909. The van der Waals surface area contributed by atoms with E-state index in [0.717, 1.165) is 6.42 Å².